The summed E-state index contributed by atoms with van der Waals surface area (Å²) >= 11 is 6.45. The number of nitrogens with one attached hydrogen (secondary N) is 2. The molecule has 4 amide bonds. The number of rotatable bonds is 6. The zero-order valence-corrected chi connectivity index (χ0v) is 26.3. The van der Waals surface area contributed by atoms with E-state index in [2.05, 4.69) is 25.7 Å². The standard InChI is InChI=1S/C32H32ClN9O4/c1-39(32-34-16-23(33)30(37-32)35-18-4-8-24-17(12-18)13-27(44)40(24)2)19-10-11-42(28(45)15-19)20-5-6-21-25(14-20)41(3)38-29(21)22-7-9-26(43)36-31(22)46/h4-6,8,12,14,16,19,22H,7,9-11,13,15H2,1-3H3,(H,34,35,37)(H,36,43,46)/t19-,22?/m1/s1. The van der Waals surface area contributed by atoms with E-state index in [9.17, 15) is 19.2 Å². The molecule has 46 heavy (non-hydrogen) atoms. The van der Waals surface area contributed by atoms with Crippen molar-refractivity contribution in [1.82, 2.24) is 25.1 Å². The van der Waals surface area contributed by atoms with Crippen molar-refractivity contribution in [2.75, 3.05) is 40.7 Å². The van der Waals surface area contributed by atoms with Gasteiger partial charge in [-0.25, -0.2) is 4.98 Å². The number of imide groups is 1. The Hall–Kier alpha value is -5.04. The van der Waals surface area contributed by atoms with Crippen LogP contribution in [0.2, 0.25) is 5.02 Å². The average molecular weight is 642 g/mol. The van der Waals surface area contributed by atoms with Gasteiger partial charge < -0.3 is 20.0 Å². The van der Waals surface area contributed by atoms with Crippen LogP contribution in [0.1, 0.15) is 42.9 Å². The first-order valence-electron chi connectivity index (χ1n) is 15.1. The lowest BCUT2D eigenvalue weighted by Crippen LogP contribution is -2.47. The molecular weight excluding hydrogens is 610 g/mol. The molecule has 0 aliphatic carbocycles. The van der Waals surface area contributed by atoms with E-state index in [1.165, 1.54) is 6.20 Å². The molecule has 236 valence electrons. The van der Waals surface area contributed by atoms with Crippen LogP contribution in [0, 0.1) is 0 Å². The maximum Gasteiger partial charge on any atom is 0.235 e. The lowest BCUT2D eigenvalue weighted by molar-refractivity contribution is -0.134. The molecule has 14 heteroatoms. The second-order valence-corrected chi connectivity index (χ2v) is 12.4. The van der Waals surface area contributed by atoms with Crippen LogP contribution in [0.5, 0.6) is 0 Å². The number of halogens is 1. The zero-order valence-electron chi connectivity index (χ0n) is 25.6. The summed E-state index contributed by atoms with van der Waals surface area (Å²) in [4.78, 5) is 64.2. The van der Waals surface area contributed by atoms with Crippen molar-refractivity contribution in [3.8, 4) is 0 Å². The number of benzene rings is 2. The molecule has 0 saturated carbocycles. The Labute approximate surface area is 269 Å². The molecule has 0 spiro atoms. The molecule has 13 nitrogen and oxygen atoms in total. The van der Waals surface area contributed by atoms with Crippen LogP contribution < -0.4 is 25.3 Å². The quantitative estimate of drug-likeness (QED) is 0.302. The van der Waals surface area contributed by atoms with E-state index in [0.29, 0.717) is 48.3 Å². The van der Waals surface area contributed by atoms with Crippen LogP contribution >= 0.6 is 11.6 Å². The normalized spacial score (nSPS) is 19.9. The fourth-order valence-electron chi connectivity index (χ4n) is 6.54. The monoisotopic (exact) mass is 641 g/mol. The third kappa shape index (κ3) is 5.19. The number of aromatic nitrogens is 4. The molecule has 2 fully saturated rings. The summed E-state index contributed by atoms with van der Waals surface area (Å²) in [5, 5.41) is 11.5. The van der Waals surface area contributed by atoms with Gasteiger partial charge in [0.2, 0.25) is 29.6 Å². The van der Waals surface area contributed by atoms with Crippen molar-refractivity contribution in [3.63, 3.8) is 0 Å². The number of piperidine rings is 2. The molecule has 2 aromatic heterocycles. The van der Waals surface area contributed by atoms with Crippen molar-refractivity contribution in [3.05, 3.63) is 58.9 Å². The van der Waals surface area contributed by atoms with E-state index in [1.807, 2.05) is 55.4 Å². The number of hydrogen-bond acceptors (Lipinski definition) is 9. The van der Waals surface area contributed by atoms with Gasteiger partial charge in [0.25, 0.3) is 0 Å². The van der Waals surface area contributed by atoms with Gasteiger partial charge in [0.15, 0.2) is 5.82 Å². The molecule has 0 bridgehead atoms. The molecule has 0 radical (unpaired) electrons. The number of carbonyl (C=O) groups is 4. The molecule has 3 aliphatic heterocycles. The lowest BCUT2D eigenvalue weighted by Gasteiger charge is -2.36. The Bertz CT molecular complexity index is 1940. The lowest BCUT2D eigenvalue weighted by atomic mass is 9.92. The predicted molar refractivity (Wildman–Crippen MR) is 173 cm³/mol. The van der Waals surface area contributed by atoms with Crippen LogP contribution in [-0.2, 0) is 32.6 Å². The van der Waals surface area contributed by atoms with Gasteiger partial charge in [-0.05, 0) is 54.8 Å². The van der Waals surface area contributed by atoms with E-state index in [0.717, 1.165) is 33.5 Å². The van der Waals surface area contributed by atoms with Crippen molar-refractivity contribution >= 4 is 75.0 Å². The van der Waals surface area contributed by atoms with Gasteiger partial charge in [0, 0.05) is 69.0 Å². The molecule has 4 aromatic rings. The van der Waals surface area contributed by atoms with E-state index < -0.39 is 5.92 Å². The zero-order chi connectivity index (χ0) is 32.3. The van der Waals surface area contributed by atoms with Gasteiger partial charge in [0.1, 0.15) is 5.02 Å². The molecule has 2 atom stereocenters. The number of anilines is 5. The second kappa shape index (κ2) is 11.4. The molecule has 3 aliphatic rings. The Kier molecular flexibility index (Phi) is 7.35. The number of aryl methyl sites for hydroxylation is 1. The largest absolute Gasteiger partial charge is 0.340 e. The summed E-state index contributed by atoms with van der Waals surface area (Å²) in [7, 11) is 5.44. The fourth-order valence-corrected chi connectivity index (χ4v) is 6.68. The third-order valence-corrected chi connectivity index (χ3v) is 9.43. The topological polar surface area (TPSA) is 146 Å². The van der Waals surface area contributed by atoms with Crippen LogP contribution in [0.15, 0.2) is 42.6 Å². The van der Waals surface area contributed by atoms with Gasteiger partial charge in [-0.2, -0.15) is 10.1 Å². The summed E-state index contributed by atoms with van der Waals surface area (Å²) in [6.07, 6.45) is 3.53. The van der Waals surface area contributed by atoms with Gasteiger partial charge in [-0.15, -0.1) is 0 Å². The SMILES string of the molecule is CN1C(=O)Cc2cc(Nc3nc(N(C)[C@@H]4CCN(c5ccc6c(C7CCC(=O)NC7=O)nn(C)c6c5)C(=O)C4)ncc3Cl)ccc21. The molecule has 5 heterocycles. The molecular formula is C32H32ClN9O4. The fraction of sp³-hybridized carbons (Fsp3) is 0.344. The van der Waals surface area contributed by atoms with Crippen LogP contribution in [0.3, 0.4) is 0 Å². The van der Waals surface area contributed by atoms with Crippen molar-refractivity contribution in [2.45, 2.75) is 44.1 Å². The minimum atomic E-state index is -0.493. The number of likely N-dealkylation sites (N-methyl/N-ethyl adjacent to an activating group) is 1. The molecule has 2 N–H and O–H groups in total. The first kappa shape index (κ1) is 29.7. The molecule has 2 aromatic carbocycles. The summed E-state index contributed by atoms with van der Waals surface area (Å²) < 4.78 is 1.72. The third-order valence-electron chi connectivity index (χ3n) is 9.16. The Morgan fingerprint density at radius 2 is 1.87 bits per heavy atom. The predicted octanol–water partition coefficient (Wildman–Crippen LogP) is 3.43. The van der Waals surface area contributed by atoms with E-state index in [4.69, 9.17) is 11.6 Å². The van der Waals surface area contributed by atoms with Crippen molar-refractivity contribution in [2.24, 2.45) is 7.05 Å². The minimum absolute atomic E-state index is 0.0278. The highest BCUT2D eigenvalue weighted by atomic mass is 35.5. The number of amides is 4. The smallest absolute Gasteiger partial charge is 0.235 e. The first-order valence-corrected chi connectivity index (χ1v) is 15.5. The van der Waals surface area contributed by atoms with Gasteiger partial charge in [0.05, 0.1) is 29.7 Å². The summed E-state index contributed by atoms with van der Waals surface area (Å²) in [6, 6.07) is 11.3. The van der Waals surface area contributed by atoms with Crippen molar-refractivity contribution < 1.29 is 19.2 Å². The Morgan fingerprint density at radius 3 is 2.65 bits per heavy atom. The number of hydrogen-bond donors (Lipinski definition) is 2. The van der Waals surface area contributed by atoms with E-state index in [-0.39, 0.29) is 42.5 Å². The summed E-state index contributed by atoms with van der Waals surface area (Å²) in [5.41, 5.74) is 4.78. The van der Waals surface area contributed by atoms with Crippen LogP contribution in [-0.4, -0.2) is 70.1 Å². The summed E-state index contributed by atoms with van der Waals surface area (Å²) in [5.74, 6) is -0.199. The van der Waals surface area contributed by atoms with E-state index >= 15 is 0 Å². The number of nitrogens with zero attached hydrogens (tertiary/aromatic N) is 7. The highest BCUT2D eigenvalue weighted by molar-refractivity contribution is 6.33. The Balaban J connectivity index is 1.05. The highest BCUT2D eigenvalue weighted by Gasteiger charge is 2.33. The van der Waals surface area contributed by atoms with Crippen LogP contribution in [0.4, 0.5) is 28.8 Å². The van der Waals surface area contributed by atoms with Crippen LogP contribution in [0.25, 0.3) is 10.9 Å². The van der Waals surface area contributed by atoms with Gasteiger partial charge in [-0.1, -0.05) is 11.6 Å². The number of carbonyl (C=O) groups excluding carboxylic acids is 4. The van der Waals surface area contributed by atoms with Gasteiger partial charge in [-0.3, -0.25) is 29.2 Å². The van der Waals surface area contributed by atoms with E-state index in [1.54, 1.807) is 21.5 Å². The van der Waals surface area contributed by atoms with Crippen molar-refractivity contribution in [1.29, 1.82) is 0 Å². The maximum absolute atomic E-state index is 13.5. The number of fused-ring (bicyclic) bond motifs is 2. The summed E-state index contributed by atoms with van der Waals surface area (Å²) in [6.45, 7) is 0.498. The molecule has 7 rings (SSSR count). The van der Waals surface area contributed by atoms with Gasteiger partial charge >= 0.3 is 0 Å². The Morgan fingerprint density at radius 1 is 1.04 bits per heavy atom. The first-order chi connectivity index (χ1) is 22.1. The maximum atomic E-state index is 13.5. The highest BCUT2D eigenvalue weighted by Crippen LogP contribution is 2.35. The molecule has 2 saturated heterocycles. The average Bonchev–Trinajstić information content (AvgIpc) is 3.51. The molecule has 1 unspecified atom stereocenters. The minimum Gasteiger partial charge on any atom is -0.340 e. The second-order valence-electron chi connectivity index (χ2n) is 12.0.